The molecular weight excluding hydrogens is 320 g/mol. The number of hydrogen-bond acceptors (Lipinski definition) is 6. The van der Waals surface area contributed by atoms with Crippen LogP contribution >= 0.6 is 0 Å². The number of rotatable bonds is 6. The Bertz CT molecular complexity index is 684. The monoisotopic (exact) mass is 342 g/mol. The zero-order valence-electron chi connectivity index (χ0n) is 13.3. The molecule has 1 fully saturated rings. The van der Waals surface area contributed by atoms with E-state index >= 15 is 0 Å². The van der Waals surface area contributed by atoms with Crippen LogP contribution in [0.15, 0.2) is 17.0 Å². The summed E-state index contributed by atoms with van der Waals surface area (Å²) in [5.41, 5.74) is 0.731. The van der Waals surface area contributed by atoms with Gasteiger partial charge in [-0.1, -0.05) is 6.07 Å². The van der Waals surface area contributed by atoms with Gasteiger partial charge in [-0.25, -0.2) is 13.1 Å². The molecule has 1 aromatic rings. The first-order valence-corrected chi connectivity index (χ1v) is 8.98. The van der Waals surface area contributed by atoms with E-state index in [1.807, 2.05) is 0 Å². The lowest BCUT2D eigenvalue weighted by Gasteiger charge is -2.27. The third-order valence-corrected chi connectivity index (χ3v) is 5.69. The average molecular weight is 342 g/mol. The molecule has 128 valence electrons. The first kappa shape index (κ1) is 17.8. The van der Waals surface area contributed by atoms with Crippen molar-refractivity contribution in [3.8, 4) is 0 Å². The highest BCUT2D eigenvalue weighted by molar-refractivity contribution is 7.89. The van der Waals surface area contributed by atoms with Gasteiger partial charge in [-0.2, -0.15) is 0 Å². The first-order valence-electron chi connectivity index (χ1n) is 7.50. The molecule has 0 amide bonds. The molecular formula is C14H22N4O4S. The molecule has 1 aliphatic heterocycles. The number of sulfonamides is 1. The van der Waals surface area contributed by atoms with Crippen molar-refractivity contribution in [1.82, 2.24) is 14.9 Å². The summed E-state index contributed by atoms with van der Waals surface area (Å²) in [5.74, 6) is 0. The van der Waals surface area contributed by atoms with Crippen molar-refractivity contribution in [3.05, 3.63) is 33.4 Å². The van der Waals surface area contributed by atoms with Crippen LogP contribution in [-0.2, 0) is 10.0 Å². The highest BCUT2D eigenvalue weighted by atomic mass is 32.2. The maximum Gasteiger partial charge on any atom is 0.289 e. The molecule has 1 aromatic carbocycles. The third kappa shape index (κ3) is 4.25. The van der Waals surface area contributed by atoms with E-state index in [0.717, 1.165) is 26.2 Å². The summed E-state index contributed by atoms with van der Waals surface area (Å²) in [6.45, 7) is 7.64. The summed E-state index contributed by atoms with van der Waals surface area (Å²) in [5, 5.41) is 14.4. The summed E-state index contributed by atoms with van der Waals surface area (Å²) in [6, 6.07) is 2.81. The minimum Gasteiger partial charge on any atom is -0.314 e. The fourth-order valence-electron chi connectivity index (χ4n) is 2.60. The number of nitro groups is 1. The van der Waals surface area contributed by atoms with Gasteiger partial charge in [0.1, 0.15) is 0 Å². The molecule has 0 bridgehead atoms. The molecule has 0 saturated carbocycles. The molecule has 0 atom stereocenters. The largest absolute Gasteiger partial charge is 0.314 e. The zero-order valence-corrected chi connectivity index (χ0v) is 14.1. The SMILES string of the molecule is Cc1ccc([N+](=O)[O-])c(S(=O)(=O)NCCN2CCNCC2)c1C. The molecule has 0 aromatic heterocycles. The third-order valence-electron chi connectivity index (χ3n) is 4.05. The maximum absolute atomic E-state index is 12.5. The lowest BCUT2D eigenvalue weighted by atomic mass is 10.1. The summed E-state index contributed by atoms with van der Waals surface area (Å²) in [7, 11) is -3.92. The minimum absolute atomic E-state index is 0.229. The Labute approximate surface area is 136 Å². The molecule has 8 nitrogen and oxygen atoms in total. The van der Waals surface area contributed by atoms with E-state index in [1.54, 1.807) is 19.9 Å². The fraction of sp³-hybridized carbons (Fsp3) is 0.571. The summed E-state index contributed by atoms with van der Waals surface area (Å²) >= 11 is 0. The molecule has 1 heterocycles. The Balaban J connectivity index is 2.15. The molecule has 0 spiro atoms. The quantitative estimate of drug-likeness (QED) is 0.573. The number of nitrogens with one attached hydrogen (secondary N) is 2. The van der Waals surface area contributed by atoms with Crippen LogP contribution in [0.5, 0.6) is 0 Å². The molecule has 23 heavy (non-hydrogen) atoms. The van der Waals surface area contributed by atoms with E-state index in [9.17, 15) is 18.5 Å². The topological polar surface area (TPSA) is 105 Å². The van der Waals surface area contributed by atoms with Crippen molar-refractivity contribution in [2.45, 2.75) is 18.7 Å². The van der Waals surface area contributed by atoms with Gasteiger partial charge in [-0.15, -0.1) is 0 Å². The Kier molecular flexibility index (Phi) is 5.69. The minimum atomic E-state index is -3.92. The predicted octanol–water partition coefficient (Wildman–Crippen LogP) is 0.395. The van der Waals surface area contributed by atoms with Crippen LogP contribution in [0.3, 0.4) is 0 Å². The zero-order chi connectivity index (χ0) is 17.0. The molecule has 2 rings (SSSR count). The van der Waals surface area contributed by atoms with Gasteiger partial charge in [0.2, 0.25) is 10.0 Å². The summed E-state index contributed by atoms with van der Waals surface area (Å²) in [4.78, 5) is 12.4. The van der Waals surface area contributed by atoms with Crippen LogP contribution in [0.1, 0.15) is 11.1 Å². The lowest BCUT2D eigenvalue weighted by Crippen LogP contribution is -2.46. The van der Waals surface area contributed by atoms with Gasteiger partial charge in [-0.05, 0) is 25.0 Å². The maximum atomic E-state index is 12.5. The summed E-state index contributed by atoms with van der Waals surface area (Å²) < 4.78 is 27.5. The van der Waals surface area contributed by atoms with Crippen molar-refractivity contribution in [3.63, 3.8) is 0 Å². The van der Waals surface area contributed by atoms with Crippen molar-refractivity contribution in [2.75, 3.05) is 39.3 Å². The molecule has 9 heteroatoms. The Morgan fingerprint density at radius 3 is 2.57 bits per heavy atom. The van der Waals surface area contributed by atoms with Crippen LogP contribution < -0.4 is 10.0 Å². The van der Waals surface area contributed by atoms with E-state index in [-0.39, 0.29) is 17.1 Å². The summed E-state index contributed by atoms with van der Waals surface area (Å²) in [6.07, 6.45) is 0. The van der Waals surface area contributed by atoms with E-state index < -0.39 is 14.9 Å². The number of piperazine rings is 1. The molecule has 0 aliphatic carbocycles. The lowest BCUT2D eigenvalue weighted by molar-refractivity contribution is -0.387. The van der Waals surface area contributed by atoms with Crippen molar-refractivity contribution in [1.29, 1.82) is 0 Å². The second kappa shape index (κ2) is 7.35. The number of benzene rings is 1. The van der Waals surface area contributed by atoms with Gasteiger partial charge in [0.15, 0.2) is 4.90 Å². The van der Waals surface area contributed by atoms with Crippen LogP contribution in [0.2, 0.25) is 0 Å². The highest BCUT2D eigenvalue weighted by Crippen LogP contribution is 2.29. The predicted molar refractivity (Wildman–Crippen MR) is 87.1 cm³/mol. The van der Waals surface area contributed by atoms with Crippen LogP contribution in [0, 0.1) is 24.0 Å². The van der Waals surface area contributed by atoms with Gasteiger partial charge in [-0.3, -0.25) is 15.0 Å². The van der Waals surface area contributed by atoms with Crippen LogP contribution in [0.4, 0.5) is 5.69 Å². The Hall–Kier alpha value is -1.55. The molecule has 0 radical (unpaired) electrons. The van der Waals surface area contributed by atoms with Gasteiger partial charge in [0.05, 0.1) is 4.92 Å². The number of aryl methyl sites for hydroxylation is 1. The normalized spacial score (nSPS) is 16.4. The molecule has 1 saturated heterocycles. The molecule has 0 unspecified atom stereocenters. The standard InChI is InChI=1S/C14H22N4O4S/c1-11-3-4-13(18(19)20)14(12(11)2)23(21,22)16-7-10-17-8-5-15-6-9-17/h3-4,15-16H,5-10H2,1-2H3. The number of nitro benzene ring substituents is 1. The van der Waals surface area contributed by atoms with Gasteiger partial charge in [0.25, 0.3) is 5.69 Å². The van der Waals surface area contributed by atoms with E-state index in [4.69, 9.17) is 0 Å². The smallest absolute Gasteiger partial charge is 0.289 e. The fourth-order valence-corrected chi connectivity index (χ4v) is 4.09. The van der Waals surface area contributed by atoms with Gasteiger partial charge in [0, 0.05) is 45.3 Å². The highest BCUT2D eigenvalue weighted by Gasteiger charge is 2.28. The Morgan fingerprint density at radius 2 is 1.96 bits per heavy atom. The second-order valence-electron chi connectivity index (χ2n) is 5.60. The van der Waals surface area contributed by atoms with Crippen molar-refractivity contribution in [2.24, 2.45) is 0 Å². The number of nitrogens with zero attached hydrogens (tertiary/aromatic N) is 2. The second-order valence-corrected chi connectivity index (χ2v) is 7.31. The van der Waals surface area contributed by atoms with Crippen LogP contribution in [-0.4, -0.2) is 57.5 Å². The van der Waals surface area contributed by atoms with Crippen molar-refractivity contribution < 1.29 is 13.3 Å². The van der Waals surface area contributed by atoms with Gasteiger partial charge < -0.3 is 5.32 Å². The van der Waals surface area contributed by atoms with E-state index in [2.05, 4.69) is 14.9 Å². The number of hydrogen-bond donors (Lipinski definition) is 2. The average Bonchev–Trinajstić information content (AvgIpc) is 2.50. The Morgan fingerprint density at radius 1 is 1.30 bits per heavy atom. The first-order chi connectivity index (χ1) is 10.8. The molecule has 1 aliphatic rings. The van der Waals surface area contributed by atoms with Crippen molar-refractivity contribution >= 4 is 15.7 Å². The van der Waals surface area contributed by atoms with E-state index in [0.29, 0.717) is 17.7 Å². The van der Waals surface area contributed by atoms with Crippen LogP contribution in [0.25, 0.3) is 0 Å². The molecule has 2 N–H and O–H groups in total. The van der Waals surface area contributed by atoms with Gasteiger partial charge >= 0.3 is 0 Å². The van der Waals surface area contributed by atoms with E-state index in [1.165, 1.54) is 6.07 Å².